The molecule has 0 spiro atoms. The number of hydrogen-bond donors (Lipinski definition) is 5. The van der Waals surface area contributed by atoms with Gasteiger partial charge >= 0.3 is 191 Å². The number of hydrogen-bond acceptors (Lipinski definition) is 6. The Labute approximate surface area is 197 Å². The first-order valence-corrected chi connectivity index (χ1v) is 14.7. The molecule has 2 aromatic rings. The summed E-state index contributed by atoms with van der Waals surface area (Å²) in [4.78, 5) is 2.17. The van der Waals surface area contributed by atoms with Crippen molar-refractivity contribution >= 4 is 61.3 Å². The van der Waals surface area contributed by atoms with E-state index in [4.69, 9.17) is 12.2 Å². The van der Waals surface area contributed by atoms with Crippen LogP contribution in [-0.2, 0) is 0 Å². The predicted molar refractivity (Wildman–Crippen MR) is 136 cm³/mol. The number of nitrogens with one attached hydrogen (secondary N) is 4. The zero-order valence-corrected chi connectivity index (χ0v) is 21.2. The Morgan fingerprint density at radius 1 is 1.10 bits per heavy atom. The van der Waals surface area contributed by atoms with Crippen LogP contribution in [0.25, 0.3) is 0 Å². The number of thiocarbonyl (C=S) groups is 1. The molecule has 2 aromatic carbocycles. The van der Waals surface area contributed by atoms with Gasteiger partial charge in [0.25, 0.3) is 0 Å². The van der Waals surface area contributed by atoms with Crippen molar-refractivity contribution in [2.45, 2.75) is 18.3 Å². The van der Waals surface area contributed by atoms with Crippen molar-refractivity contribution in [2.24, 2.45) is 0 Å². The van der Waals surface area contributed by atoms with Gasteiger partial charge in [-0.25, -0.2) is 0 Å². The van der Waals surface area contributed by atoms with E-state index >= 15 is 0 Å². The first kappa shape index (κ1) is 23.9. The van der Waals surface area contributed by atoms with Crippen LogP contribution < -0.4 is 32.0 Å². The summed E-state index contributed by atoms with van der Waals surface area (Å²) in [5.74, 6) is 0. The summed E-state index contributed by atoms with van der Waals surface area (Å²) in [5.41, 5.74) is 4.51. The van der Waals surface area contributed by atoms with Crippen molar-refractivity contribution in [1.29, 1.82) is 0 Å². The molecule has 10 heteroatoms. The monoisotopic (exact) mass is 527 g/mol. The molecular weight excluding hydrogens is 498 g/mol. The van der Waals surface area contributed by atoms with Crippen LogP contribution in [0.5, 0.6) is 0 Å². The number of rotatable bonds is 9. The quantitative estimate of drug-likeness (QED) is 0.0848. The molecule has 0 amide bonds. The fourth-order valence-electron chi connectivity index (χ4n) is 3.10. The molecule has 30 heavy (non-hydrogen) atoms. The first-order chi connectivity index (χ1) is 14.5. The molecule has 1 atom stereocenters. The summed E-state index contributed by atoms with van der Waals surface area (Å²) in [5, 5.41) is 11.7. The van der Waals surface area contributed by atoms with E-state index in [-0.39, 0.29) is 5.50 Å². The Kier molecular flexibility index (Phi) is 9.38. The number of hydrazine groups is 2. The second-order valence-electron chi connectivity index (χ2n) is 6.95. The van der Waals surface area contributed by atoms with Crippen LogP contribution in [0.4, 0.5) is 0 Å². The van der Waals surface area contributed by atoms with Crippen LogP contribution >= 0.6 is 30.5 Å². The normalized spacial score (nSPS) is 17.7. The van der Waals surface area contributed by atoms with Gasteiger partial charge in [0, 0.05) is 7.05 Å². The fourth-order valence-corrected chi connectivity index (χ4v) is 7.52. The van der Waals surface area contributed by atoms with Gasteiger partial charge in [0.2, 0.25) is 0 Å². The molecule has 0 aromatic heterocycles. The van der Waals surface area contributed by atoms with Gasteiger partial charge in [0.05, 0.1) is 0 Å². The second kappa shape index (κ2) is 11.8. The number of benzene rings is 2. The molecule has 1 aliphatic rings. The van der Waals surface area contributed by atoms with Gasteiger partial charge in [0.1, 0.15) is 0 Å². The van der Waals surface area contributed by atoms with Gasteiger partial charge in [-0.2, -0.15) is 0 Å². The van der Waals surface area contributed by atoms with Crippen molar-refractivity contribution in [1.82, 2.24) is 31.3 Å². The molecular formula is C20H28N6PS2Se. The molecule has 1 unspecified atom stereocenters. The summed E-state index contributed by atoms with van der Waals surface area (Å²) in [7, 11) is 1.97. The van der Waals surface area contributed by atoms with E-state index in [2.05, 4.69) is 103 Å². The maximum absolute atomic E-state index is 5.49. The van der Waals surface area contributed by atoms with Crippen molar-refractivity contribution in [3.05, 3.63) is 67.3 Å². The molecule has 1 aliphatic heterocycles. The molecule has 0 aliphatic carbocycles. The van der Waals surface area contributed by atoms with Gasteiger partial charge in [0.15, 0.2) is 0 Å². The third-order valence-electron chi connectivity index (χ3n) is 4.65. The summed E-state index contributed by atoms with van der Waals surface area (Å²) in [6.07, 6.45) is 2.07. The Balaban J connectivity index is 1.46. The van der Waals surface area contributed by atoms with Gasteiger partial charge in [-0.15, -0.1) is 0 Å². The van der Waals surface area contributed by atoms with Crippen LogP contribution in [-0.4, -0.2) is 55.8 Å². The Morgan fingerprint density at radius 2 is 1.70 bits per heavy atom. The topological polar surface area (TPSA) is 54.6 Å². The van der Waals surface area contributed by atoms with Gasteiger partial charge in [-0.05, 0) is 0 Å². The SMILES string of the molecule is CN1[CH]N(CCCCNC(=S)NNP(=[Se])(c2ccccc2)c2ccccc2)C(S)N1. The Bertz CT molecular complexity index is 813. The molecule has 1 saturated heterocycles. The summed E-state index contributed by atoms with van der Waals surface area (Å²) >= 11 is 13.4. The number of nitrogens with zero attached hydrogens (tertiary/aromatic N) is 2. The van der Waals surface area contributed by atoms with Gasteiger partial charge < -0.3 is 0 Å². The van der Waals surface area contributed by atoms with Crippen molar-refractivity contribution in [3.8, 4) is 0 Å². The standard InChI is InChI=1S/C20H28N6PS2Se/c1-25-16-26(20(29)23-25)15-9-8-14-21-19(28)22-24-27(30,17-10-4-2-5-11-17)18-12-6-3-7-13-18/h2-7,10-13,16,20,23,29H,8-9,14-15H2,1H3,(H,24,30)(H2,21,22,28). The Hall–Kier alpha value is -0.731. The van der Waals surface area contributed by atoms with Gasteiger partial charge in [-0.1, -0.05) is 0 Å². The molecule has 0 bridgehead atoms. The molecule has 1 radical (unpaired) electrons. The third kappa shape index (κ3) is 6.63. The van der Waals surface area contributed by atoms with Crippen LogP contribution in [0, 0.1) is 6.67 Å². The van der Waals surface area contributed by atoms with E-state index in [1.807, 2.05) is 30.9 Å². The number of unbranched alkanes of at least 4 members (excludes halogenated alkanes) is 1. The zero-order valence-electron chi connectivity index (χ0n) is 16.9. The Morgan fingerprint density at radius 3 is 2.23 bits per heavy atom. The van der Waals surface area contributed by atoms with Crippen LogP contribution in [0.2, 0.25) is 0 Å². The molecule has 1 fully saturated rings. The minimum absolute atomic E-state index is 0.0452. The first-order valence-electron chi connectivity index (χ1n) is 9.79. The molecule has 4 N–H and O–H groups in total. The van der Waals surface area contributed by atoms with Crippen molar-refractivity contribution < 1.29 is 0 Å². The van der Waals surface area contributed by atoms with Crippen LogP contribution in [0.3, 0.4) is 0 Å². The second-order valence-corrected chi connectivity index (χ2v) is 13.8. The molecule has 3 rings (SSSR count). The summed E-state index contributed by atoms with van der Waals surface area (Å²) < 4.78 is 0. The molecule has 6 nitrogen and oxygen atoms in total. The van der Waals surface area contributed by atoms with Crippen molar-refractivity contribution in [2.75, 3.05) is 20.1 Å². The van der Waals surface area contributed by atoms with Crippen LogP contribution in [0.15, 0.2) is 60.7 Å². The summed E-state index contributed by atoms with van der Waals surface area (Å²) in [6.45, 7) is 3.80. The summed E-state index contributed by atoms with van der Waals surface area (Å²) in [6, 6.07) is 20.8. The third-order valence-corrected chi connectivity index (χ3v) is 11.0. The molecule has 161 valence electrons. The van der Waals surface area contributed by atoms with Crippen LogP contribution in [0.1, 0.15) is 12.8 Å². The van der Waals surface area contributed by atoms with Crippen molar-refractivity contribution in [3.63, 3.8) is 0 Å². The van der Waals surface area contributed by atoms with E-state index in [1.165, 1.54) is 10.6 Å². The maximum atomic E-state index is 5.49. The van der Waals surface area contributed by atoms with E-state index in [1.54, 1.807) is 0 Å². The molecule has 0 saturated carbocycles. The van der Waals surface area contributed by atoms with E-state index in [0.29, 0.717) is 5.11 Å². The van der Waals surface area contributed by atoms with E-state index in [0.717, 1.165) is 25.9 Å². The number of thiol groups is 1. The van der Waals surface area contributed by atoms with E-state index in [9.17, 15) is 0 Å². The average molecular weight is 527 g/mol. The predicted octanol–water partition coefficient (Wildman–Crippen LogP) is 1.49. The minimum atomic E-state index is -1.94. The zero-order chi connectivity index (χ0) is 21.4. The van der Waals surface area contributed by atoms with E-state index < -0.39 is 5.66 Å². The average Bonchev–Trinajstić information content (AvgIpc) is 3.09. The molecule has 1 heterocycles. The fraction of sp³-hybridized carbons (Fsp3) is 0.300. The van der Waals surface area contributed by atoms with Gasteiger partial charge in [-0.3, -0.25) is 0 Å².